The summed E-state index contributed by atoms with van der Waals surface area (Å²) >= 11 is 0. The van der Waals surface area contributed by atoms with Crippen molar-refractivity contribution in [3.05, 3.63) is 0 Å². The lowest BCUT2D eigenvalue weighted by atomic mass is 10.0. The smallest absolute Gasteiger partial charge is 0.242 e. The molecule has 18 heavy (non-hydrogen) atoms. The van der Waals surface area contributed by atoms with Gasteiger partial charge in [-0.05, 0) is 46.8 Å². The molecule has 0 saturated carbocycles. The van der Waals surface area contributed by atoms with Crippen LogP contribution in [-0.4, -0.2) is 60.5 Å². The van der Waals surface area contributed by atoms with Crippen molar-refractivity contribution in [2.24, 2.45) is 0 Å². The van der Waals surface area contributed by atoms with Gasteiger partial charge in [0.1, 0.15) is 0 Å². The van der Waals surface area contributed by atoms with E-state index in [1.807, 2.05) is 20.8 Å². The number of hydrogen-bond acceptors (Lipinski definition) is 3. The molecule has 1 aliphatic rings. The first kappa shape index (κ1) is 15.4. The molecule has 1 rings (SSSR count). The van der Waals surface area contributed by atoms with Crippen molar-refractivity contribution in [1.29, 1.82) is 0 Å². The average Bonchev–Trinajstić information content (AvgIpc) is 2.49. The van der Waals surface area contributed by atoms with E-state index < -0.39 is 5.54 Å². The number of nitrogens with one attached hydrogen (secondary N) is 1. The molecule has 4 heteroatoms. The van der Waals surface area contributed by atoms with Gasteiger partial charge in [-0.15, -0.1) is 0 Å². The summed E-state index contributed by atoms with van der Waals surface area (Å²) in [6.07, 6.45) is 2.10. The number of hydrogen-bond donors (Lipinski definition) is 1. The summed E-state index contributed by atoms with van der Waals surface area (Å²) in [6, 6.07) is 0.350. The molecule has 0 aliphatic carbocycles. The van der Waals surface area contributed by atoms with E-state index in [4.69, 9.17) is 0 Å². The van der Waals surface area contributed by atoms with Gasteiger partial charge >= 0.3 is 0 Å². The fraction of sp³-hybridized carbons (Fsp3) is 0.929. The lowest BCUT2D eigenvalue weighted by Crippen LogP contribution is -2.57. The molecule has 1 fully saturated rings. The van der Waals surface area contributed by atoms with E-state index in [1.54, 1.807) is 0 Å². The van der Waals surface area contributed by atoms with Crippen LogP contribution < -0.4 is 5.32 Å². The molecule has 1 aliphatic heterocycles. The molecule has 0 radical (unpaired) electrons. The topological polar surface area (TPSA) is 35.6 Å². The first-order chi connectivity index (χ1) is 8.42. The summed E-state index contributed by atoms with van der Waals surface area (Å²) in [5.41, 5.74) is -0.453. The Kier molecular flexibility index (Phi) is 5.60. The van der Waals surface area contributed by atoms with Gasteiger partial charge in [0.15, 0.2) is 0 Å². The SMILES string of the molecule is CCNC(C)(C)C(=O)N1CCCN(C)CC1CC. The molecule has 0 aromatic heterocycles. The highest BCUT2D eigenvalue weighted by molar-refractivity contribution is 5.85. The third-order valence-electron chi connectivity index (χ3n) is 3.79. The highest BCUT2D eigenvalue weighted by Crippen LogP contribution is 2.17. The quantitative estimate of drug-likeness (QED) is 0.823. The van der Waals surface area contributed by atoms with E-state index in [2.05, 4.69) is 29.1 Å². The third kappa shape index (κ3) is 3.69. The minimum Gasteiger partial charge on any atom is -0.337 e. The normalized spacial score (nSPS) is 22.9. The second-order valence-electron chi connectivity index (χ2n) is 5.83. The van der Waals surface area contributed by atoms with Crippen LogP contribution in [0.5, 0.6) is 0 Å². The molecule has 0 bridgehead atoms. The van der Waals surface area contributed by atoms with E-state index >= 15 is 0 Å². The van der Waals surface area contributed by atoms with Crippen LogP contribution in [-0.2, 0) is 4.79 Å². The summed E-state index contributed by atoms with van der Waals surface area (Å²) in [4.78, 5) is 17.1. The van der Waals surface area contributed by atoms with Crippen LogP contribution >= 0.6 is 0 Å². The zero-order chi connectivity index (χ0) is 13.8. The van der Waals surface area contributed by atoms with Gasteiger partial charge in [-0.3, -0.25) is 4.79 Å². The second-order valence-corrected chi connectivity index (χ2v) is 5.83. The summed E-state index contributed by atoms with van der Waals surface area (Å²) in [5, 5.41) is 3.29. The Morgan fingerprint density at radius 2 is 2.00 bits per heavy atom. The van der Waals surface area contributed by atoms with Gasteiger partial charge in [0.2, 0.25) is 5.91 Å². The van der Waals surface area contributed by atoms with Crippen molar-refractivity contribution in [3.63, 3.8) is 0 Å². The molecule has 1 atom stereocenters. The van der Waals surface area contributed by atoms with Gasteiger partial charge in [0.25, 0.3) is 0 Å². The van der Waals surface area contributed by atoms with Crippen LogP contribution in [0.4, 0.5) is 0 Å². The van der Waals surface area contributed by atoms with Crippen molar-refractivity contribution in [2.75, 3.05) is 33.2 Å². The van der Waals surface area contributed by atoms with Crippen molar-refractivity contribution >= 4 is 5.91 Å². The summed E-state index contributed by atoms with van der Waals surface area (Å²) in [6.45, 7) is 12.0. The van der Waals surface area contributed by atoms with Crippen molar-refractivity contribution in [3.8, 4) is 0 Å². The Labute approximate surface area is 112 Å². The Hall–Kier alpha value is -0.610. The third-order valence-corrected chi connectivity index (χ3v) is 3.79. The molecular weight excluding hydrogens is 226 g/mol. The van der Waals surface area contributed by atoms with Crippen LogP contribution in [0, 0.1) is 0 Å². The van der Waals surface area contributed by atoms with E-state index in [0.717, 1.165) is 39.0 Å². The van der Waals surface area contributed by atoms with Crippen LogP contribution in [0.15, 0.2) is 0 Å². The monoisotopic (exact) mass is 255 g/mol. The van der Waals surface area contributed by atoms with Gasteiger partial charge in [0.05, 0.1) is 5.54 Å². The summed E-state index contributed by atoms with van der Waals surface area (Å²) < 4.78 is 0. The lowest BCUT2D eigenvalue weighted by molar-refractivity contribution is -0.139. The zero-order valence-corrected chi connectivity index (χ0v) is 12.6. The predicted molar refractivity (Wildman–Crippen MR) is 75.7 cm³/mol. The average molecular weight is 255 g/mol. The van der Waals surface area contributed by atoms with E-state index in [0.29, 0.717) is 6.04 Å². The second kappa shape index (κ2) is 6.53. The predicted octanol–water partition coefficient (Wildman–Crippen LogP) is 1.32. The van der Waals surface area contributed by atoms with Gasteiger partial charge in [-0.1, -0.05) is 13.8 Å². The zero-order valence-electron chi connectivity index (χ0n) is 12.6. The first-order valence-electron chi connectivity index (χ1n) is 7.17. The lowest BCUT2D eigenvalue weighted by Gasteiger charge is -2.36. The van der Waals surface area contributed by atoms with E-state index in [1.165, 1.54) is 0 Å². The number of carbonyl (C=O) groups excluding carboxylic acids is 1. The standard InChI is InChI=1S/C14H29N3O/c1-6-12-11-16(5)9-8-10-17(12)13(18)14(3,4)15-7-2/h12,15H,6-11H2,1-5H3. The molecule has 1 N–H and O–H groups in total. The van der Waals surface area contributed by atoms with Crippen molar-refractivity contribution in [1.82, 2.24) is 15.1 Å². The van der Waals surface area contributed by atoms with Gasteiger partial charge in [-0.25, -0.2) is 0 Å². The van der Waals surface area contributed by atoms with E-state index in [9.17, 15) is 4.79 Å². The maximum absolute atomic E-state index is 12.7. The minimum atomic E-state index is -0.453. The maximum atomic E-state index is 12.7. The highest BCUT2D eigenvalue weighted by Gasteiger charge is 2.35. The number of amides is 1. The molecule has 1 amide bonds. The molecule has 1 saturated heterocycles. The van der Waals surface area contributed by atoms with Gasteiger partial charge in [0, 0.05) is 19.1 Å². The van der Waals surface area contributed by atoms with Crippen molar-refractivity contribution in [2.45, 2.75) is 52.1 Å². The number of rotatable bonds is 4. The molecule has 0 aromatic carbocycles. The fourth-order valence-electron chi connectivity index (χ4n) is 2.74. The van der Waals surface area contributed by atoms with Crippen LogP contribution in [0.2, 0.25) is 0 Å². The Morgan fingerprint density at radius 3 is 2.56 bits per heavy atom. The van der Waals surface area contributed by atoms with Gasteiger partial charge < -0.3 is 15.1 Å². The molecule has 106 valence electrons. The molecule has 0 aromatic rings. The Bertz CT molecular complexity index is 278. The largest absolute Gasteiger partial charge is 0.337 e. The van der Waals surface area contributed by atoms with Crippen LogP contribution in [0.25, 0.3) is 0 Å². The molecule has 1 unspecified atom stereocenters. The minimum absolute atomic E-state index is 0.242. The van der Waals surface area contributed by atoms with Crippen LogP contribution in [0.1, 0.15) is 40.5 Å². The maximum Gasteiger partial charge on any atom is 0.242 e. The highest BCUT2D eigenvalue weighted by atomic mass is 16.2. The molecule has 4 nitrogen and oxygen atoms in total. The fourth-order valence-corrected chi connectivity index (χ4v) is 2.74. The van der Waals surface area contributed by atoms with E-state index in [-0.39, 0.29) is 5.91 Å². The molecular formula is C14H29N3O. The molecule has 0 spiro atoms. The Balaban J connectivity index is 2.80. The van der Waals surface area contributed by atoms with Gasteiger partial charge in [-0.2, -0.15) is 0 Å². The number of likely N-dealkylation sites (N-methyl/N-ethyl adjacent to an activating group) is 2. The first-order valence-corrected chi connectivity index (χ1v) is 7.17. The number of nitrogens with zero attached hydrogens (tertiary/aromatic N) is 2. The summed E-state index contributed by atoms with van der Waals surface area (Å²) in [7, 11) is 2.14. The molecule has 1 heterocycles. The Morgan fingerprint density at radius 1 is 1.33 bits per heavy atom. The van der Waals surface area contributed by atoms with Crippen molar-refractivity contribution < 1.29 is 4.79 Å². The van der Waals surface area contributed by atoms with Crippen LogP contribution in [0.3, 0.4) is 0 Å². The number of carbonyl (C=O) groups is 1. The summed E-state index contributed by atoms with van der Waals surface area (Å²) in [5.74, 6) is 0.242.